The minimum Gasteiger partial charge on any atom is -0.497 e. The standard InChI is InChI=1S/C23H29FN2O4S/c1-25(31(28,29)22-12-10-19(24)11-13-22)14-5-9-23(27)26-15-4-7-20(26)16-18-6-3-8-21(17-18)30-2/h3,6,8,10-13,17,20H,4-5,7,9,14-16H2,1-2H3. The molecule has 1 aliphatic rings. The van der Waals surface area contributed by atoms with E-state index in [9.17, 15) is 17.6 Å². The molecule has 8 heteroatoms. The second-order valence-corrected chi connectivity index (χ2v) is 9.87. The van der Waals surface area contributed by atoms with Gasteiger partial charge in [-0.05, 0) is 67.6 Å². The molecule has 1 aliphatic heterocycles. The number of rotatable bonds is 9. The molecule has 0 bridgehead atoms. The van der Waals surface area contributed by atoms with Gasteiger partial charge in [-0.15, -0.1) is 0 Å². The van der Waals surface area contributed by atoms with E-state index in [0.29, 0.717) is 6.42 Å². The third-order valence-electron chi connectivity index (χ3n) is 5.69. The zero-order chi connectivity index (χ0) is 22.4. The van der Waals surface area contributed by atoms with Gasteiger partial charge in [0.05, 0.1) is 12.0 Å². The van der Waals surface area contributed by atoms with Crippen LogP contribution >= 0.6 is 0 Å². The molecule has 3 rings (SSSR count). The molecule has 0 radical (unpaired) electrons. The van der Waals surface area contributed by atoms with Gasteiger partial charge in [0, 0.05) is 32.6 Å². The van der Waals surface area contributed by atoms with Crippen LogP contribution in [0.4, 0.5) is 4.39 Å². The van der Waals surface area contributed by atoms with Crippen molar-refractivity contribution in [3.05, 3.63) is 59.9 Å². The molecule has 1 atom stereocenters. The number of hydrogen-bond acceptors (Lipinski definition) is 4. The highest BCUT2D eigenvalue weighted by Crippen LogP contribution is 2.24. The van der Waals surface area contributed by atoms with Crippen molar-refractivity contribution >= 4 is 15.9 Å². The minimum absolute atomic E-state index is 0.0422. The number of carbonyl (C=O) groups is 1. The highest BCUT2D eigenvalue weighted by molar-refractivity contribution is 7.89. The van der Waals surface area contributed by atoms with Crippen LogP contribution in [0.3, 0.4) is 0 Å². The zero-order valence-corrected chi connectivity index (χ0v) is 18.8. The van der Waals surface area contributed by atoms with Gasteiger partial charge in [-0.2, -0.15) is 0 Å². The van der Waals surface area contributed by atoms with Crippen LogP contribution in [0.15, 0.2) is 53.4 Å². The third-order valence-corrected chi connectivity index (χ3v) is 7.56. The molecule has 0 aliphatic carbocycles. The van der Waals surface area contributed by atoms with Gasteiger partial charge in [0.1, 0.15) is 11.6 Å². The quantitative estimate of drug-likeness (QED) is 0.589. The Morgan fingerprint density at radius 3 is 2.68 bits per heavy atom. The van der Waals surface area contributed by atoms with Gasteiger partial charge in [0.25, 0.3) is 0 Å². The molecule has 0 N–H and O–H groups in total. The molecular weight excluding hydrogens is 419 g/mol. The Morgan fingerprint density at radius 2 is 1.97 bits per heavy atom. The first-order chi connectivity index (χ1) is 14.8. The van der Waals surface area contributed by atoms with Gasteiger partial charge < -0.3 is 9.64 Å². The first-order valence-corrected chi connectivity index (χ1v) is 11.9. The summed E-state index contributed by atoms with van der Waals surface area (Å²) in [6.07, 6.45) is 3.43. The number of nitrogens with zero attached hydrogens (tertiary/aromatic N) is 2. The van der Waals surface area contributed by atoms with Crippen molar-refractivity contribution in [2.75, 3.05) is 27.2 Å². The van der Waals surface area contributed by atoms with Crippen molar-refractivity contribution in [3.63, 3.8) is 0 Å². The molecule has 1 heterocycles. The van der Waals surface area contributed by atoms with Crippen LogP contribution in [0.25, 0.3) is 0 Å². The van der Waals surface area contributed by atoms with Gasteiger partial charge in [-0.1, -0.05) is 12.1 Å². The molecule has 31 heavy (non-hydrogen) atoms. The molecule has 168 valence electrons. The Kier molecular flexibility index (Phi) is 7.67. The van der Waals surface area contributed by atoms with Crippen LogP contribution in [0.1, 0.15) is 31.2 Å². The fourth-order valence-electron chi connectivity index (χ4n) is 3.95. The number of sulfonamides is 1. The summed E-state index contributed by atoms with van der Waals surface area (Å²) in [6.45, 7) is 0.955. The first kappa shape index (κ1) is 23.2. The van der Waals surface area contributed by atoms with E-state index >= 15 is 0 Å². The molecule has 6 nitrogen and oxygen atoms in total. The lowest BCUT2D eigenvalue weighted by atomic mass is 10.0. The Bertz CT molecular complexity index is 995. The van der Waals surface area contributed by atoms with Crippen LogP contribution in [-0.4, -0.2) is 56.8 Å². The number of ether oxygens (including phenoxy) is 1. The van der Waals surface area contributed by atoms with Crippen LogP contribution in [0.5, 0.6) is 5.75 Å². The average molecular weight is 449 g/mol. The summed E-state index contributed by atoms with van der Waals surface area (Å²) >= 11 is 0. The van der Waals surface area contributed by atoms with Crippen molar-refractivity contribution in [1.29, 1.82) is 0 Å². The van der Waals surface area contributed by atoms with Crippen molar-refractivity contribution in [2.45, 2.75) is 43.0 Å². The van der Waals surface area contributed by atoms with Crippen molar-refractivity contribution < 1.29 is 22.3 Å². The Morgan fingerprint density at radius 1 is 1.23 bits per heavy atom. The maximum atomic E-state index is 13.1. The molecule has 0 saturated carbocycles. The van der Waals surface area contributed by atoms with E-state index < -0.39 is 15.8 Å². The van der Waals surface area contributed by atoms with E-state index in [0.717, 1.165) is 49.3 Å². The molecule has 1 fully saturated rings. The number of likely N-dealkylation sites (tertiary alicyclic amines) is 1. The lowest BCUT2D eigenvalue weighted by molar-refractivity contribution is -0.132. The Labute approximate surface area is 183 Å². The summed E-state index contributed by atoms with van der Waals surface area (Å²) in [4.78, 5) is 14.8. The highest BCUT2D eigenvalue weighted by atomic mass is 32.2. The number of benzene rings is 2. The van der Waals surface area contributed by atoms with Crippen LogP contribution in [0, 0.1) is 5.82 Å². The fourth-order valence-corrected chi connectivity index (χ4v) is 5.16. The van der Waals surface area contributed by atoms with E-state index in [1.54, 1.807) is 7.11 Å². The molecule has 0 spiro atoms. The minimum atomic E-state index is -3.70. The first-order valence-electron chi connectivity index (χ1n) is 10.5. The summed E-state index contributed by atoms with van der Waals surface area (Å²) < 4.78 is 44.7. The van der Waals surface area contributed by atoms with Crippen molar-refractivity contribution in [1.82, 2.24) is 9.21 Å². The number of hydrogen-bond donors (Lipinski definition) is 0. The van der Waals surface area contributed by atoms with E-state index in [1.165, 1.54) is 23.5 Å². The molecule has 0 aromatic heterocycles. The number of carbonyl (C=O) groups excluding carboxylic acids is 1. The predicted molar refractivity (Wildman–Crippen MR) is 117 cm³/mol. The van der Waals surface area contributed by atoms with E-state index in [1.807, 2.05) is 29.2 Å². The number of methoxy groups -OCH3 is 1. The molecule has 1 unspecified atom stereocenters. The summed E-state index contributed by atoms with van der Waals surface area (Å²) in [7, 11) is -0.587. The van der Waals surface area contributed by atoms with Gasteiger partial charge in [-0.3, -0.25) is 4.79 Å². The van der Waals surface area contributed by atoms with Gasteiger partial charge in [-0.25, -0.2) is 17.1 Å². The third kappa shape index (κ3) is 5.83. The molecule has 2 aromatic carbocycles. The van der Waals surface area contributed by atoms with E-state index in [2.05, 4.69) is 0 Å². The molecule has 1 amide bonds. The number of halogens is 1. The second-order valence-electron chi connectivity index (χ2n) is 7.82. The average Bonchev–Trinajstić information content (AvgIpc) is 3.22. The fraction of sp³-hybridized carbons (Fsp3) is 0.435. The zero-order valence-electron chi connectivity index (χ0n) is 18.0. The predicted octanol–water partition coefficient (Wildman–Crippen LogP) is 3.47. The summed E-state index contributed by atoms with van der Waals surface area (Å²) in [5.41, 5.74) is 1.13. The molecular formula is C23H29FN2O4S. The van der Waals surface area contributed by atoms with Crippen molar-refractivity contribution in [3.8, 4) is 5.75 Å². The Hall–Kier alpha value is -2.45. The van der Waals surface area contributed by atoms with E-state index in [4.69, 9.17) is 4.74 Å². The summed E-state index contributed by atoms with van der Waals surface area (Å²) in [5.74, 6) is 0.373. The second kappa shape index (κ2) is 10.2. The lowest BCUT2D eigenvalue weighted by Crippen LogP contribution is -2.37. The SMILES string of the molecule is COc1cccc(CC2CCCN2C(=O)CCCN(C)S(=O)(=O)c2ccc(F)cc2)c1. The molecule has 1 saturated heterocycles. The number of amides is 1. The Balaban J connectivity index is 1.53. The van der Waals surface area contributed by atoms with Crippen molar-refractivity contribution in [2.24, 2.45) is 0 Å². The van der Waals surface area contributed by atoms with Crippen LogP contribution < -0.4 is 4.74 Å². The molecule has 2 aromatic rings. The summed E-state index contributed by atoms with van der Waals surface area (Å²) in [5, 5.41) is 0. The van der Waals surface area contributed by atoms with E-state index in [-0.39, 0.29) is 29.8 Å². The van der Waals surface area contributed by atoms with Gasteiger partial charge in [0.2, 0.25) is 15.9 Å². The lowest BCUT2D eigenvalue weighted by Gasteiger charge is -2.25. The maximum absolute atomic E-state index is 13.1. The normalized spacial score (nSPS) is 16.6. The largest absolute Gasteiger partial charge is 0.497 e. The summed E-state index contributed by atoms with van der Waals surface area (Å²) in [6, 6.07) is 12.8. The monoisotopic (exact) mass is 448 g/mol. The topological polar surface area (TPSA) is 66.9 Å². The highest BCUT2D eigenvalue weighted by Gasteiger charge is 2.29. The van der Waals surface area contributed by atoms with Gasteiger partial charge >= 0.3 is 0 Å². The van der Waals surface area contributed by atoms with Gasteiger partial charge in [0.15, 0.2) is 0 Å². The smallest absolute Gasteiger partial charge is 0.242 e. The van der Waals surface area contributed by atoms with Crippen LogP contribution in [-0.2, 0) is 21.2 Å². The maximum Gasteiger partial charge on any atom is 0.242 e. The van der Waals surface area contributed by atoms with Crippen LogP contribution in [0.2, 0.25) is 0 Å².